The normalized spacial score (nSPS) is 16.2. The first kappa shape index (κ1) is 22.0. The molecule has 6 heteroatoms. The molecule has 6 nitrogen and oxygen atoms in total. The lowest BCUT2D eigenvalue weighted by atomic mass is 9.96. The maximum absolute atomic E-state index is 12.2. The Bertz CT molecular complexity index is 765. The van der Waals surface area contributed by atoms with Crippen molar-refractivity contribution in [3.63, 3.8) is 0 Å². The third-order valence-electron chi connectivity index (χ3n) is 5.68. The molecule has 0 aliphatic carbocycles. The van der Waals surface area contributed by atoms with E-state index in [1.54, 1.807) is 0 Å². The van der Waals surface area contributed by atoms with Gasteiger partial charge in [-0.3, -0.25) is 19.9 Å². The van der Waals surface area contributed by atoms with Crippen molar-refractivity contribution in [3.8, 4) is 0 Å². The molecule has 160 valence electrons. The Balaban J connectivity index is 1.55. The van der Waals surface area contributed by atoms with E-state index in [0.29, 0.717) is 0 Å². The van der Waals surface area contributed by atoms with E-state index in [9.17, 15) is 9.59 Å². The van der Waals surface area contributed by atoms with Crippen LogP contribution in [0, 0.1) is 5.92 Å². The van der Waals surface area contributed by atoms with Gasteiger partial charge >= 0.3 is 0 Å². The highest BCUT2D eigenvalue weighted by atomic mass is 16.2. The highest BCUT2D eigenvalue weighted by Gasteiger charge is 2.27. The average molecular weight is 409 g/mol. The second-order valence-electron chi connectivity index (χ2n) is 7.81. The molecule has 1 fully saturated rings. The quantitative estimate of drug-likeness (QED) is 0.705. The topological polar surface area (TPSA) is 64.7 Å². The third kappa shape index (κ3) is 5.90. The van der Waals surface area contributed by atoms with E-state index < -0.39 is 0 Å². The fraction of sp³-hybridized carbons (Fsp3) is 0.417. The molecule has 2 amide bonds. The highest BCUT2D eigenvalue weighted by Crippen LogP contribution is 2.29. The standard InChI is InChI=1S/C24H32N4O2/c1-3-19(2)24(30)25-18-22(29)26-28-16-14-27(15-17-28)23(20-10-6-4-7-11-20)21-12-8-5-9-13-21/h4-13,19,23H,3,14-18H2,1-2H3,(H,25,30)(H,26,29). The molecule has 0 aromatic heterocycles. The Kier molecular flexibility index (Phi) is 7.99. The van der Waals surface area contributed by atoms with Gasteiger partial charge in [0.2, 0.25) is 5.91 Å². The Labute approximate surface area is 179 Å². The zero-order valence-electron chi connectivity index (χ0n) is 17.9. The van der Waals surface area contributed by atoms with Crippen LogP contribution in [0.5, 0.6) is 0 Å². The predicted molar refractivity (Wildman–Crippen MR) is 118 cm³/mol. The Morgan fingerprint density at radius 1 is 0.900 bits per heavy atom. The smallest absolute Gasteiger partial charge is 0.253 e. The van der Waals surface area contributed by atoms with Crippen molar-refractivity contribution in [1.29, 1.82) is 0 Å². The third-order valence-corrected chi connectivity index (χ3v) is 5.68. The summed E-state index contributed by atoms with van der Waals surface area (Å²) < 4.78 is 0. The molecule has 0 saturated carbocycles. The molecule has 2 N–H and O–H groups in total. The van der Waals surface area contributed by atoms with Gasteiger partial charge in [0.15, 0.2) is 0 Å². The fourth-order valence-corrected chi connectivity index (χ4v) is 3.72. The summed E-state index contributed by atoms with van der Waals surface area (Å²) in [7, 11) is 0. The zero-order valence-corrected chi connectivity index (χ0v) is 17.9. The monoisotopic (exact) mass is 408 g/mol. The maximum Gasteiger partial charge on any atom is 0.253 e. The van der Waals surface area contributed by atoms with Crippen LogP contribution in [0.3, 0.4) is 0 Å². The number of carbonyl (C=O) groups excluding carboxylic acids is 2. The first-order valence-electron chi connectivity index (χ1n) is 10.7. The Morgan fingerprint density at radius 2 is 1.43 bits per heavy atom. The van der Waals surface area contributed by atoms with E-state index in [1.807, 2.05) is 31.0 Å². The van der Waals surface area contributed by atoms with Crippen LogP contribution in [0.25, 0.3) is 0 Å². The molecule has 0 spiro atoms. The van der Waals surface area contributed by atoms with Crippen LogP contribution >= 0.6 is 0 Å². The minimum atomic E-state index is -0.178. The van der Waals surface area contributed by atoms with Crippen LogP contribution in [-0.4, -0.2) is 54.4 Å². The summed E-state index contributed by atoms with van der Waals surface area (Å²) in [5.41, 5.74) is 5.47. The Hall–Kier alpha value is -2.70. The number of nitrogens with one attached hydrogen (secondary N) is 2. The maximum atomic E-state index is 12.2. The van der Waals surface area contributed by atoms with E-state index in [1.165, 1.54) is 11.1 Å². The van der Waals surface area contributed by atoms with Gasteiger partial charge in [-0.1, -0.05) is 74.5 Å². The number of rotatable bonds is 8. The Morgan fingerprint density at radius 3 is 1.93 bits per heavy atom. The summed E-state index contributed by atoms with van der Waals surface area (Å²) in [6.45, 7) is 6.99. The van der Waals surface area contributed by atoms with Gasteiger partial charge in [-0.05, 0) is 17.5 Å². The number of benzene rings is 2. The van der Waals surface area contributed by atoms with Crippen LogP contribution in [0.2, 0.25) is 0 Å². The number of hydrogen-bond acceptors (Lipinski definition) is 4. The molecule has 1 aliphatic rings. The van der Waals surface area contributed by atoms with E-state index in [2.05, 4.69) is 64.2 Å². The molecule has 1 unspecified atom stereocenters. The van der Waals surface area contributed by atoms with E-state index in [0.717, 1.165) is 32.6 Å². The van der Waals surface area contributed by atoms with Gasteiger partial charge in [0.1, 0.15) is 0 Å². The van der Waals surface area contributed by atoms with E-state index in [-0.39, 0.29) is 30.3 Å². The van der Waals surface area contributed by atoms with Crippen LogP contribution in [-0.2, 0) is 9.59 Å². The summed E-state index contributed by atoms with van der Waals surface area (Å²) in [6, 6.07) is 21.3. The lowest BCUT2D eigenvalue weighted by Crippen LogP contribution is -2.55. The summed E-state index contributed by atoms with van der Waals surface area (Å²) in [4.78, 5) is 26.5. The minimum Gasteiger partial charge on any atom is -0.347 e. The van der Waals surface area contributed by atoms with Crippen LogP contribution < -0.4 is 10.7 Å². The van der Waals surface area contributed by atoms with Gasteiger partial charge in [-0.2, -0.15) is 0 Å². The van der Waals surface area contributed by atoms with Gasteiger partial charge in [0.05, 0.1) is 12.6 Å². The van der Waals surface area contributed by atoms with Gasteiger partial charge in [-0.15, -0.1) is 0 Å². The van der Waals surface area contributed by atoms with Crippen molar-refractivity contribution >= 4 is 11.8 Å². The van der Waals surface area contributed by atoms with Crippen LogP contribution in [0.4, 0.5) is 0 Å². The number of piperazine rings is 1. The molecule has 1 saturated heterocycles. The molecule has 1 heterocycles. The lowest BCUT2D eigenvalue weighted by Gasteiger charge is -2.39. The van der Waals surface area contributed by atoms with Crippen molar-refractivity contribution in [3.05, 3.63) is 71.8 Å². The van der Waals surface area contributed by atoms with Crippen molar-refractivity contribution in [2.45, 2.75) is 26.3 Å². The molecule has 2 aromatic rings. The summed E-state index contributed by atoms with van der Waals surface area (Å²) in [5, 5.41) is 4.65. The molecule has 0 bridgehead atoms. The first-order chi connectivity index (χ1) is 14.6. The SMILES string of the molecule is CCC(C)C(=O)NCC(=O)NN1CCN(C(c2ccccc2)c2ccccc2)CC1. The number of hydrazine groups is 1. The van der Waals surface area contributed by atoms with Crippen molar-refractivity contribution in [1.82, 2.24) is 20.7 Å². The predicted octanol–water partition coefficient (Wildman–Crippen LogP) is 2.59. The lowest BCUT2D eigenvalue weighted by molar-refractivity contribution is -0.131. The molecule has 1 aliphatic heterocycles. The molecule has 30 heavy (non-hydrogen) atoms. The molecule has 0 radical (unpaired) electrons. The summed E-state index contributed by atoms with van der Waals surface area (Å²) in [6.07, 6.45) is 0.763. The number of nitrogens with zero attached hydrogens (tertiary/aromatic N) is 2. The minimum absolute atomic E-state index is 0.0139. The van der Waals surface area contributed by atoms with Gasteiger partial charge in [-0.25, -0.2) is 5.01 Å². The number of carbonyl (C=O) groups is 2. The molecule has 3 rings (SSSR count). The molecule has 2 aromatic carbocycles. The van der Waals surface area contributed by atoms with E-state index in [4.69, 9.17) is 0 Å². The molecular formula is C24H32N4O2. The van der Waals surface area contributed by atoms with Crippen LogP contribution in [0.1, 0.15) is 37.4 Å². The van der Waals surface area contributed by atoms with Crippen molar-refractivity contribution < 1.29 is 9.59 Å². The number of hydrogen-bond donors (Lipinski definition) is 2. The van der Waals surface area contributed by atoms with Crippen molar-refractivity contribution in [2.75, 3.05) is 32.7 Å². The van der Waals surface area contributed by atoms with Gasteiger partial charge in [0.25, 0.3) is 5.91 Å². The van der Waals surface area contributed by atoms with Crippen molar-refractivity contribution in [2.24, 2.45) is 5.92 Å². The van der Waals surface area contributed by atoms with Gasteiger partial charge in [0, 0.05) is 32.1 Å². The van der Waals surface area contributed by atoms with Crippen LogP contribution in [0.15, 0.2) is 60.7 Å². The molecular weight excluding hydrogens is 376 g/mol. The summed E-state index contributed by atoms with van der Waals surface area (Å²) >= 11 is 0. The average Bonchev–Trinajstić information content (AvgIpc) is 2.79. The highest BCUT2D eigenvalue weighted by molar-refractivity contribution is 5.85. The van der Waals surface area contributed by atoms with Gasteiger partial charge < -0.3 is 5.32 Å². The summed E-state index contributed by atoms with van der Waals surface area (Å²) in [5.74, 6) is -0.331. The zero-order chi connectivity index (χ0) is 21.3. The first-order valence-corrected chi connectivity index (χ1v) is 10.7. The largest absolute Gasteiger partial charge is 0.347 e. The second kappa shape index (κ2) is 10.9. The second-order valence-corrected chi connectivity index (χ2v) is 7.81. The fourth-order valence-electron chi connectivity index (χ4n) is 3.72. The molecule has 1 atom stereocenters. The number of amides is 2. The van der Waals surface area contributed by atoms with E-state index >= 15 is 0 Å².